The Bertz CT molecular complexity index is 572. The fourth-order valence-electron chi connectivity index (χ4n) is 1.91. The molecule has 19 heavy (non-hydrogen) atoms. The molecule has 1 aliphatic heterocycles. The van der Waals surface area contributed by atoms with Crippen LogP contribution in [0.15, 0.2) is 29.2 Å². The van der Waals surface area contributed by atoms with E-state index < -0.39 is 21.6 Å². The molecule has 3 nitrogen and oxygen atoms in total. The van der Waals surface area contributed by atoms with Crippen LogP contribution >= 0.6 is 11.8 Å². The summed E-state index contributed by atoms with van der Waals surface area (Å²) in [5.74, 6) is 0.360. The third kappa shape index (κ3) is 2.90. The summed E-state index contributed by atoms with van der Waals surface area (Å²) in [5.41, 5.74) is -4.69. The van der Waals surface area contributed by atoms with Crippen molar-refractivity contribution in [1.29, 1.82) is 0 Å². The van der Waals surface area contributed by atoms with Gasteiger partial charge in [-0.25, -0.2) is 8.42 Å². The molecule has 0 aromatic heterocycles. The van der Waals surface area contributed by atoms with E-state index in [1.807, 2.05) is 0 Å². The molecule has 0 bridgehead atoms. The number of hydrogen-bond donors (Lipinski definition) is 1. The van der Waals surface area contributed by atoms with Gasteiger partial charge in [0.05, 0.1) is 6.04 Å². The van der Waals surface area contributed by atoms with Gasteiger partial charge < -0.3 is 0 Å². The predicted molar refractivity (Wildman–Crippen MR) is 67.2 cm³/mol. The van der Waals surface area contributed by atoms with E-state index in [1.165, 1.54) is 11.8 Å². The summed E-state index contributed by atoms with van der Waals surface area (Å²) in [6.45, 7) is 1.73. The van der Waals surface area contributed by atoms with Crippen molar-refractivity contribution in [3.05, 3.63) is 29.8 Å². The monoisotopic (exact) mass is 311 g/mol. The van der Waals surface area contributed by atoms with Crippen LogP contribution in [-0.2, 0) is 10.0 Å². The number of rotatable bonds is 2. The quantitative estimate of drug-likeness (QED) is 0.913. The van der Waals surface area contributed by atoms with Crippen molar-refractivity contribution in [3.63, 3.8) is 0 Å². The first-order chi connectivity index (χ1) is 8.72. The lowest BCUT2D eigenvalue weighted by Gasteiger charge is -2.31. The summed E-state index contributed by atoms with van der Waals surface area (Å²) in [5, 5.41) is 0. The van der Waals surface area contributed by atoms with E-state index in [0.717, 1.165) is 4.90 Å². The van der Waals surface area contributed by atoms with Gasteiger partial charge in [0.25, 0.3) is 0 Å². The van der Waals surface area contributed by atoms with Crippen LogP contribution in [0.1, 0.15) is 18.5 Å². The molecule has 0 spiro atoms. The number of fused-ring (bicyclic) bond motifs is 1. The average Bonchev–Trinajstić information content (AvgIpc) is 2.31. The number of nitrogens with one attached hydrogen (secondary N) is 1. The molecule has 1 aliphatic rings. The van der Waals surface area contributed by atoms with Crippen LogP contribution in [0.25, 0.3) is 0 Å². The second kappa shape index (κ2) is 4.99. The molecule has 1 N–H and O–H groups in total. The summed E-state index contributed by atoms with van der Waals surface area (Å²) >= 11 is 1.52. The zero-order valence-electron chi connectivity index (χ0n) is 9.94. The Morgan fingerprint density at radius 3 is 2.58 bits per heavy atom. The van der Waals surface area contributed by atoms with Crippen LogP contribution < -0.4 is 4.72 Å². The molecule has 0 radical (unpaired) electrons. The van der Waals surface area contributed by atoms with Gasteiger partial charge in [0.2, 0.25) is 0 Å². The van der Waals surface area contributed by atoms with Gasteiger partial charge in [-0.2, -0.15) is 17.9 Å². The molecule has 1 aromatic rings. The minimum Gasteiger partial charge on any atom is -0.203 e. The molecule has 2 rings (SSSR count). The minimum absolute atomic E-state index is 0.211. The van der Waals surface area contributed by atoms with Crippen LogP contribution in [0.5, 0.6) is 0 Å². The summed E-state index contributed by atoms with van der Waals surface area (Å²) in [4.78, 5) is 0.815. The number of thioether (sulfide) groups is 1. The fourth-order valence-corrected chi connectivity index (χ4v) is 3.91. The second-order valence-electron chi connectivity index (χ2n) is 4.37. The van der Waals surface area contributed by atoms with Crippen molar-refractivity contribution in [1.82, 2.24) is 4.72 Å². The lowest BCUT2D eigenvalue weighted by Crippen LogP contribution is -2.42. The number of halogens is 3. The van der Waals surface area contributed by atoms with Gasteiger partial charge in [-0.05, 0) is 17.5 Å². The standard InChI is InChI=1S/C11H12F3NO2S2/c1-7-6-18-9-5-3-2-4-8(9)10(7)15-19(16,17)11(12,13)14/h2-5,7,10,15H,6H2,1H3/t7-,10-/m0/s1. The third-order valence-corrected chi connectivity index (χ3v) is 5.46. The summed E-state index contributed by atoms with van der Waals surface area (Å²) < 4.78 is 61.5. The highest BCUT2D eigenvalue weighted by molar-refractivity contribution is 7.99. The van der Waals surface area contributed by atoms with E-state index in [4.69, 9.17) is 0 Å². The Balaban J connectivity index is 2.35. The van der Waals surface area contributed by atoms with Gasteiger partial charge in [-0.3, -0.25) is 0 Å². The molecule has 0 unspecified atom stereocenters. The third-order valence-electron chi connectivity index (χ3n) is 2.91. The van der Waals surface area contributed by atoms with Gasteiger partial charge >= 0.3 is 15.5 Å². The van der Waals surface area contributed by atoms with Gasteiger partial charge in [0.15, 0.2) is 0 Å². The predicted octanol–water partition coefficient (Wildman–Crippen LogP) is 2.91. The van der Waals surface area contributed by atoms with E-state index in [9.17, 15) is 21.6 Å². The summed E-state index contributed by atoms with van der Waals surface area (Å²) in [6, 6.07) is 6.05. The van der Waals surface area contributed by atoms with E-state index >= 15 is 0 Å². The van der Waals surface area contributed by atoms with Crippen LogP contribution in [-0.4, -0.2) is 19.7 Å². The van der Waals surface area contributed by atoms with Crippen LogP contribution in [0.2, 0.25) is 0 Å². The van der Waals surface area contributed by atoms with Crippen molar-refractivity contribution in [2.45, 2.75) is 23.4 Å². The molecule has 106 valence electrons. The lowest BCUT2D eigenvalue weighted by atomic mass is 9.96. The van der Waals surface area contributed by atoms with Crippen LogP contribution in [0.3, 0.4) is 0 Å². The number of hydrogen-bond acceptors (Lipinski definition) is 3. The summed E-state index contributed by atoms with van der Waals surface area (Å²) in [7, 11) is -5.33. The zero-order chi connectivity index (χ0) is 14.3. The normalized spacial score (nSPS) is 24.0. The van der Waals surface area contributed by atoms with Crippen LogP contribution in [0.4, 0.5) is 13.2 Å². The Kier molecular flexibility index (Phi) is 3.85. The SMILES string of the molecule is C[C@H]1CSc2ccccc2[C@H]1NS(=O)(=O)C(F)(F)F. The highest BCUT2D eigenvalue weighted by atomic mass is 32.2. The Hall–Kier alpha value is -0.730. The zero-order valence-corrected chi connectivity index (χ0v) is 11.6. The van der Waals surface area contributed by atoms with Crippen molar-refractivity contribution in [2.75, 3.05) is 5.75 Å². The molecule has 1 heterocycles. The smallest absolute Gasteiger partial charge is 0.203 e. The molecule has 1 aromatic carbocycles. The molecule has 0 saturated carbocycles. The first-order valence-corrected chi connectivity index (χ1v) is 7.99. The van der Waals surface area contributed by atoms with E-state index in [1.54, 1.807) is 35.9 Å². The van der Waals surface area contributed by atoms with E-state index in [0.29, 0.717) is 11.3 Å². The molecule has 2 atom stereocenters. The van der Waals surface area contributed by atoms with Crippen molar-refractivity contribution >= 4 is 21.8 Å². The molecule has 0 aliphatic carbocycles. The van der Waals surface area contributed by atoms with Crippen molar-refractivity contribution < 1.29 is 21.6 Å². The highest BCUT2D eigenvalue weighted by Gasteiger charge is 2.48. The molecular formula is C11H12F3NO2S2. The van der Waals surface area contributed by atoms with E-state index in [2.05, 4.69) is 0 Å². The van der Waals surface area contributed by atoms with Gasteiger partial charge in [0.1, 0.15) is 0 Å². The molecule has 8 heteroatoms. The van der Waals surface area contributed by atoms with Gasteiger partial charge in [-0.1, -0.05) is 25.1 Å². The number of alkyl halides is 3. The summed E-state index contributed by atoms with van der Waals surface area (Å²) in [6.07, 6.45) is 0. The first kappa shape index (κ1) is 14.7. The van der Waals surface area contributed by atoms with Crippen molar-refractivity contribution in [3.8, 4) is 0 Å². The topological polar surface area (TPSA) is 46.2 Å². The molecule has 0 amide bonds. The van der Waals surface area contributed by atoms with Crippen LogP contribution in [0, 0.1) is 5.92 Å². The molecule has 0 saturated heterocycles. The van der Waals surface area contributed by atoms with Gasteiger partial charge in [0, 0.05) is 10.6 Å². The average molecular weight is 311 g/mol. The Labute approximate surface area is 113 Å². The second-order valence-corrected chi connectivity index (χ2v) is 7.14. The maximum Gasteiger partial charge on any atom is 0.511 e. The lowest BCUT2D eigenvalue weighted by molar-refractivity contribution is -0.0452. The largest absolute Gasteiger partial charge is 0.511 e. The minimum atomic E-state index is -5.33. The van der Waals surface area contributed by atoms with Crippen molar-refractivity contribution in [2.24, 2.45) is 5.92 Å². The molecule has 0 fully saturated rings. The van der Waals surface area contributed by atoms with Gasteiger partial charge in [-0.15, -0.1) is 11.8 Å². The number of benzene rings is 1. The fraction of sp³-hybridized carbons (Fsp3) is 0.455. The highest BCUT2D eigenvalue weighted by Crippen LogP contribution is 2.40. The maximum absolute atomic E-state index is 12.4. The first-order valence-electron chi connectivity index (χ1n) is 5.52. The van der Waals surface area contributed by atoms with E-state index in [-0.39, 0.29) is 5.92 Å². The maximum atomic E-state index is 12.4. The molecular weight excluding hydrogens is 299 g/mol. The number of sulfonamides is 1. The Morgan fingerprint density at radius 1 is 1.32 bits per heavy atom. The Morgan fingerprint density at radius 2 is 1.95 bits per heavy atom.